The predicted molar refractivity (Wildman–Crippen MR) is 95.4 cm³/mol. The van der Waals surface area contributed by atoms with Gasteiger partial charge in [0.05, 0.1) is 17.1 Å². The summed E-state index contributed by atoms with van der Waals surface area (Å²) >= 11 is 0. The number of ether oxygens (including phenoxy) is 2. The average molecular weight is 400 g/mol. The van der Waals surface area contributed by atoms with Crippen molar-refractivity contribution < 1.29 is 56.8 Å². The molecule has 0 aromatic heterocycles. The van der Waals surface area contributed by atoms with E-state index in [0.717, 1.165) is 25.3 Å². The molecular weight excluding hydrogens is 379 g/mol. The van der Waals surface area contributed by atoms with Crippen LogP contribution in [0.1, 0.15) is 43.0 Å². The van der Waals surface area contributed by atoms with Crippen molar-refractivity contribution in [2.24, 2.45) is 0 Å². The zero-order valence-electron chi connectivity index (χ0n) is 15.5. The second kappa shape index (κ2) is 11.5. The quantitative estimate of drug-likeness (QED) is 0.203. The van der Waals surface area contributed by atoms with Crippen molar-refractivity contribution in [1.82, 2.24) is 0 Å². The molecule has 0 N–H and O–H groups in total. The van der Waals surface area contributed by atoms with Gasteiger partial charge >= 0.3 is 35.5 Å². The third-order valence-electron chi connectivity index (χ3n) is 3.68. The van der Waals surface area contributed by atoms with E-state index in [2.05, 4.69) is 6.92 Å². The van der Waals surface area contributed by atoms with E-state index >= 15 is 0 Å². The van der Waals surface area contributed by atoms with Crippen molar-refractivity contribution in [1.29, 1.82) is 0 Å². The van der Waals surface area contributed by atoms with Gasteiger partial charge in [0, 0.05) is 0 Å². The summed E-state index contributed by atoms with van der Waals surface area (Å²) in [6, 6.07) is 11.6. The second-order valence-corrected chi connectivity index (χ2v) is 7.07. The third-order valence-corrected chi connectivity index (χ3v) is 4.55. The Labute approximate surface area is 181 Å². The minimum atomic E-state index is -4.73. The first-order valence-electron chi connectivity index (χ1n) is 8.42. The van der Waals surface area contributed by atoms with Crippen molar-refractivity contribution >= 4 is 16.1 Å². The summed E-state index contributed by atoms with van der Waals surface area (Å²) in [5.74, 6) is -0.403. The van der Waals surface area contributed by atoms with Gasteiger partial charge < -0.3 is 14.0 Å². The molecule has 0 aliphatic carbocycles. The number of esters is 1. The number of carbonyl (C=O) groups is 1. The van der Waals surface area contributed by atoms with Gasteiger partial charge in [0.25, 0.3) is 0 Å². The van der Waals surface area contributed by atoms with E-state index < -0.39 is 21.0 Å². The van der Waals surface area contributed by atoms with Gasteiger partial charge in [0.2, 0.25) is 0 Å². The van der Waals surface area contributed by atoms with Gasteiger partial charge in [-0.25, -0.2) is 13.2 Å². The molecule has 0 aliphatic rings. The minimum Gasteiger partial charge on any atom is -0.744 e. The molecular formula is C19H21NaO6S. The molecule has 0 saturated heterocycles. The number of benzene rings is 2. The fourth-order valence-electron chi connectivity index (χ4n) is 2.31. The van der Waals surface area contributed by atoms with Crippen LogP contribution in [0, 0.1) is 0 Å². The topological polar surface area (TPSA) is 92.7 Å². The van der Waals surface area contributed by atoms with Gasteiger partial charge in [0.1, 0.15) is 21.6 Å². The van der Waals surface area contributed by atoms with Crippen LogP contribution in [0.4, 0.5) is 0 Å². The third kappa shape index (κ3) is 7.63. The van der Waals surface area contributed by atoms with Crippen LogP contribution in [0.5, 0.6) is 11.5 Å². The SMILES string of the molecule is CCCCCCOc1ccc(C(=O)Oc2ccccc2S(=O)(=O)[O-])cc1.[Na+]. The van der Waals surface area contributed by atoms with Crippen LogP contribution in [0.2, 0.25) is 0 Å². The summed E-state index contributed by atoms with van der Waals surface area (Å²) in [6.07, 6.45) is 4.42. The first-order valence-corrected chi connectivity index (χ1v) is 9.82. The summed E-state index contributed by atoms with van der Waals surface area (Å²) in [7, 11) is -4.73. The molecule has 0 aliphatic heterocycles. The van der Waals surface area contributed by atoms with E-state index in [1.165, 1.54) is 36.8 Å². The van der Waals surface area contributed by atoms with E-state index in [0.29, 0.717) is 12.4 Å². The fourth-order valence-corrected chi connectivity index (χ4v) is 2.91. The predicted octanol–water partition coefficient (Wildman–Crippen LogP) is 0.773. The van der Waals surface area contributed by atoms with Crippen molar-refractivity contribution in [3.63, 3.8) is 0 Å². The van der Waals surface area contributed by atoms with Crippen LogP contribution in [0.25, 0.3) is 0 Å². The molecule has 8 heteroatoms. The average Bonchev–Trinajstić information content (AvgIpc) is 2.61. The van der Waals surface area contributed by atoms with Crippen LogP contribution >= 0.6 is 0 Å². The normalized spacial score (nSPS) is 10.7. The molecule has 0 atom stereocenters. The van der Waals surface area contributed by atoms with Gasteiger partial charge in [-0.3, -0.25) is 0 Å². The van der Waals surface area contributed by atoms with Crippen LogP contribution in [0.3, 0.4) is 0 Å². The van der Waals surface area contributed by atoms with Crippen molar-refractivity contribution in [2.45, 2.75) is 37.5 Å². The van der Waals surface area contributed by atoms with Crippen molar-refractivity contribution in [2.75, 3.05) is 6.61 Å². The Balaban J connectivity index is 0.00000364. The van der Waals surface area contributed by atoms with E-state index in [9.17, 15) is 17.8 Å². The number of carbonyl (C=O) groups excluding carboxylic acids is 1. The maximum atomic E-state index is 12.2. The van der Waals surface area contributed by atoms with E-state index in [4.69, 9.17) is 9.47 Å². The molecule has 0 bridgehead atoms. The molecule has 0 spiro atoms. The van der Waals surface area contributed by atoms with Gasteiger partial charge in [-0.2, -0.15) is 0 Å². The number of unbranched alkanes of at least 4 members (excludes halogenated alkanes) is 3. The van der Waals surface area contributed by atoms with Crippen LogP contribution < -0.4 is 39.0 Å². The fraction of sp³-hybridized carbons (Fsp3) is 0.316. The minimum absolute atomic E-state index is 0. The van der Waals surface area contributed by atoms with E-state index in [-0.39, 0.29) is 40.9 Å². The Hall–Kier alpha value is -1.38. The molecule has 0 radical (unpaired) electrons. The zero-order valence-corrected chi connectivity index (χ0v) is 18.3. The second-order valence-electron chi connectivity index (χ2n) is 5.72. The molecule has 0 heterocycles. The smallest absolute Gasteiger partial charge is 0.744 e. The molecule has 0 fully saturated rings. The number of hydrogen-bond acceptors (Lipinski definition) is 6. The van der Waals surface area contributed by atoms with Crippen LogP contribution in [-0.4, -0.2) is 25.5 Å². The zero-order chi connectivity index (χ0) is 19.0. The molecule has 2 rings (SSSR count). The molecule has 0 amide bonds. The number of para-hydroxylation sites is 1. The summed E-state index contributed by atoms with van der Waals surface area (Å²) < 4.78 is 44.3. The monoisotopic (exact) mass is 400 g/mol. The van der Waals surface area contributed by atoms with Crippen molar-refractivity contribution in [3.8, 4) is 11.5 Å². The first-order chi connectivity index (χ1) is 12.4. The van der Waals surface area contributed by atoms with E-state index in [1.54, 1.807) is 12.1 Å². The first kappa shape index (κ1) is 23.7. The molecule has 27 heavy (non-hydrogen) atoms. The van der Waals surface area contributed by atoms with Gasteiger partial charge in [-0.05, 0) is 42.8 Å². The Kier molecular flexibility index (Phi) is 10.0. The Bertz CT molecular complexity index is 834. The summed E-state index contributed by atoms with van der Waals surface area (Å²) in [5.41, 5.74) is 0.224. The molecule has 140 valence electrons. The van der Waals surface area contributed by atoms with Gasteiger partial charge in [-0.15, -0.1) is 0 Å². The van der Waals surface area contributed by atoms with E-state index in [1.807, 2.05) is 0 Å². The van der Waals surface area contributed by atoms with Gasteiger partial charge in [-0.1, -0.05) is 38.3 Å². The maximum absolute atomic E-state index is 12.2. The van der Waals surface area contributed by atoms with Crippen LogP contribution in [0.15, 0.2) is 53.4 Å². The summed E-state index contributed by atoms with van der Waals surface area (Å²) in [4.78, 5) is 11.6. The maximum Gasteiger partial charge on any atom is 1.00 e. The molecule has 2 aromatic rings. The molecule has 6 nitrogen and oxygen atoms in total. The molecule has 2 aromatic carbocycles. The van der Waals surface area contributed by atoms with Gasteiger partial charge in [0.15, 0.2) is 0 Å². The number of hydrogen-bond donors (Lipinski definition) is 0. The largest absolute Gasteiger partial charge is 1.00 e. The Morgan fingerprint density at radius 3 is 2.30 bits per heavy atom. The Morgan fingerprint density at radius 1 is 1.00 bits per heavy atom. The standard InChI is InChI=1S/C19H22O6S.Na/c1-2-3-4-7-14-24-16-12-10-15(11-13-16)19(20)25-17-8-5-6-9-18(17)26(21,22)23;/h5-6,8-13H,2-4,7,14H2,1H3,(H,21,22,23);/q;+1/p-1. The van der Waals surface area contributed by atoms with Crippen molar-refractivity contribution in [3.05, 3.63) is 54.1 Å². The summed E-state index contributed by atoms with van der Waals surface area (Å²) in [5, 5.41) is 0. The molecule has 0 saturated carbocycles. The van der Waals surface area contributed by atoms with Crippen LogP contribution in [-0.2, 0) is 10.1 Å². The summed E-state index contributed by atoms with van der Waals surface area (Å²) in [6.45, 7) is 2.75. The Morgan fingerprint density at radius 2 is 1.67 bits per heavy atom. The number of rotatable bonds is 9. The molecule has 0 unspecified atom stereocenters.